The van der Waals surface area contributed by atoms with Gasteiger partial charge in [0.2, 0.25) is 10.0 Å². The lowest BCUT2D eigenvalue weighted by Crippen LogP contribution is -2.66. The van der Waals surface area contributed by atoms with Crippen LogP contribution >= 0.6 is 10.7 Å². The number of nitrogens with one attached hydrogen (secondary N) is 1. The summed E-state index contributed by atoms with van der Waals surface area (Å²) in [5.74, 6) is 1.29. The second kappa shape index (κ2) is 25.5. The molecule has 6 aromatic rings. The van der Waals surface area contributed by atoms with Crippen molar-refractivity contribution in [3.63, 3.8) is 0 Å². The number of rotatable bonds is 8. The molecule has 20 nitrogen and oxygen atoms in total. The van der Waals surface area contributed by atoms with Crippen molar-refractivity contribution in [3.8, 4) is 34.5 Å². The highest BCUT2D eigenvalue weighted by Crippen LogP contribution is 2.50. The molecule has 4 aliphatic heterocycles. The van der Waals surface area contributed by atoms with Crippen LogP contribution in [0.15, 0.2) is 155 Å². The minimum absolute atomic E-state index is 0.0273. The molecular weight excluding hydrogens is 1220 g/mol. The molecule has 0 aliphatic carbocycles. The molecule has 10 rings (SSSR count). The van der Waals surface area contributed by atoms with Gasteiger partial charge >= 0.3 is 24.9 Å². The number of anilines is 4. The van der Waals surface area contributed by atoms with E-state index in [1.165, 1.54) is 4.90 Å². The van der Waals surface area contributed by atoms with E-state index in [9.17, 15) is 63.0 Å². The fourth-order valence-electron chi connectivity index (χ4n) is 9.68. The Hall–Kier alpha value is -7.73. The highest BCUT2D eigenvalue weighted by atomic mass is 35.7. The molecule has 468 valence electrons. The highest BCUT2D eigenvalue weighted by Gasteiger charge is 2.47. The molecule has 0 bridgehead atoms. The Morgan fingerprint density at radius 2 is 0.862 bits per heavy atom. The number of alkyl halides is 6. The van der Waals surface area contributed by atoms with Gasteiger partial charge in [0.05, 0.1) is 68.9 Å². The number of carbonyl (C=O) groups is 2. The number of ether oxygens (including phenoxy) is 6. The number of halogens is 7. The van der Waals surface area contributed by atoms with Crippen LogP contribution in [-0.2, 0) is 28.5 Å². The summed E-state index contributed by atoms with van der Waals surface area (Å²) in [5, 5.41) is 22.7. The molecule has 0 radical (unpaired) electrons. The Balaban J connectivity index is 0.000000191. The first-order valence-corrected chi connectivity index (χ1v) is 30.4. The van der Waals surface area contributed by atoms with Crippen LogP contribution in [0.4, 0.5) is 58.7 Å². The number of fused-ring (bicyclic) bond motifs is 4. The summed E-state index contributed by atoms with van der Waals surface area (Å²) in [7, 11) is -3.36. The molecule has 6 aromatic carbocycles. The molecule has 2 fully saturated rings. The smallest absolute Gasteiger partial charge is 0.453 e. The monoisotopic (exact) mass is 1280 g/mol. The lowest BCUT2D eigenvalue weighted by atomic mass is 9.94. The highest BCUT2D eigenvalue weighted by molar-refractivity contribution is 8.13. The molecule has 2 amide bonds. The van der Waals surface area contributed by atoms with E-state index in [0.717, 1.165) is 59.9 Å². The quantitative estimate of drug-likeness (QED) is 0.0817. The average Bonchev–Trinajstić information content (AvgIpc) is 0.799. The number of aliphatic hydroxyl groups is 2. The molecule has 6 atom stereocenters. The van der Waals surface area contributed by atoms with Crippen LogP contribution in [0.1, 0.15) is 41.5 Å². The number of benzene rings is 6. The van der Waals surface area contributed by atoms with Gasteiger partial charge in [-0.05, 0) is 139 Å². The average molecular weight is 1280 g/mol. The van der Waals surface area contributed by atoms with Gasteiger partial charge in [-0.2, -0.15) is 0 Å². The lowest BCUT2D eigenvalue weighted by molar-refractivity contribution is -0.275. The van der Waals surface area contributed by atoms with Crippen molar-refractivity contribution in [2.24, 2.45) is 5.73 Å². The number of sulfonamides is 1. The van der Waals surface area contributed by atoms with E-state index in [1.807, 2.05) is 74.2 Å². The molecule has 5 N–H and O–H groups in total. The summed E-state index contributed by atoms with van der Waals surface area (Å²) < 4.78 is 154. The molecule has 0 aromatic heterocycles. The number of carbonyl (C=O) groups excluding carboxylic acids is 2. The zero-order valence-corrected chi connectivity index (χ0v) is 49.7. The SMILES string of the molecule is CC(C)(C)OC(=O)N1C[C@@H](N2c3ccccc3Oc3ccccc32)[C@H](O)[C@@H](N)C1.CC(C)(C)OC(=O)N1C[C@H](NS(=O)(=O)c2ccc(OC(F)(F)F)cc2)[C@@H](O)[C@H](N2c3ccccc3Oc3ccccc32)C1.O=S(=O)(Cl)c1ccc(OC(F)(F)F)cc1. The molecule has 0 spiro atoms. The summed E-state index contributed by atoms with van der Waals surface area (Å²) >= 11 is 0. The number of para-hydroxylation sites is 8. The minimum Gasteiger partial charge on any atom is -0.453 e. The van der Waals surface area contributed by atoms with Gasteiger partial charge in [-0.3, -0.25) is 0 Å². The minimum atomic E-state index is -4.94. The van der Waals surface area contributed by atoms with Crippen LogP contribution in [-0.4, -0.2) is 136 Å². The topological polar surface area (TPSA) is 249 Å². The number of likely N-dealkylation sites (tertiary alicyclic amines) is 2. The van der Waals surface area contributed by atoms with Crippen LogP contribution in [0.5, 0.6) is 34.5 Å². The van der Waals surface area contributed by atoms with E-state index in [0.29, 0.717) is 34.4 Å². The van der Waals surface area contributed by atoms with Gasteiger partial charge < -0.3 is 64.0 Å². The fourth-order valence-corrected chi connectivity index (χ4v) is 11.7. The third kappa shape index (κ3) is 16.7. The normalized spacial score (nSPS) is 20.2. The van der Waals surface area contributed by atoms with Crippen molar-refractivity contribution in [3.05, 3.63) is 146 Å². The van der Waals surface area contributed by atoms with Gasteiger partial charge in [0, 0.05) is 36.9 Å². The second-order valence-corrected chi connectivity index (χ2v) is 26.3. The van der Waals surface area contributed by atoms with Crippen LogP contribution in [0.3, 0.4) is 0 Å². The Bertz CT molecular complexity index is 3560. The van der Waals surface area contributed by atoms with Crippen LogP contribution < -0.4 is 39.2 Å². The third-order valence-electron chi connectivity index (χ3n) is 13.2. The molecule has 4 aliphatic rings. The number of hydrogen-bond acceptors (Lipinski definition) is 17. The Morgan fingerprint density at radius 1 is 0.529 bits per heavy atom. The van der Waals surface area contributed by atoms with E-state index in [1.54, 1.807) is 79.1 Å². The fraction of sp³-hybridized carbons (Fsp3) is 0.345. The summed E-state index contributed by atoms with van der Waals surface area (Å²) in [5.41, 5.74) is 7.64. The van der Waals surface area contributed by atoms with Gasteiger partial charge in [-0.1, -0.05) is 48.5 Å². The number of amides is 2. The number of aliphatic hydroxyl groups excluding tert-OH is 2. The van der Waals surface area contributed by atoms with Crippen molar-refractivity contribution in [1.82, 2.24) is 14.5 Å². The van der Waals surface area contributed by atoms with Crippen LogP contribution in [0, 0.1) is 0 Å². The second-order valence-electron chi connectivity index (χ2n) is 22.1. The number of hydrogen-bond donors (Lipinski definition) is 4. The first kappa shape index (κ1) is 65.2. The maximum absolute atomic E-state index is 13.4. The van der Waals surface area contributed by atoms with E-state index in [-0.39, 0.29) is 36.0 Å². The summed E-state index contributed by atoms with van der Waals surface area (Å²) in [6, 6.07) is 33.6. The Morgan fingerprint density at radius 3 is 1.21 bits per heavy atom. The maximum atomic E-state index is 13.4. The van der Waals surface area contributed by atoms with E-state index in [4.69, 9.17) is 35.4 Å². The third-order valence-corrected chi connectivity index (χ3v) is 16.1. The van der Waals surface area contributed by atoms with E-state index in [2.05, 4.69) is 14.2 Å². The molecule has 0 unspecified atom stereocenters. The summed E-state index contributed by atoms with van der Waals surface area (Å²) in [6.45, 7) is 10.8. The molecule has 87 heavy (non-hydrogen) atoms. The van der Waals surface area contributed by atoms with Gasteiger partial charge in [-0.15, -0.1) is 26.3 Å². The standard InChI is InChI=1S/C29H30F3N3O7S.C22H27N3O4.C7H4ClF3O3S/c1-28(2,3)42-27(37)34-16-20(33-43(38,39)19-14-12-18(13-15-19)41-29(30,31)32)26(36)23(17-34)35-21-8-4-6-10-24(21)40-25-11-7-5-9-22(25)35;1-22(2,3)29-21(27)24-12-14(23)20(26)17(13-24)25-15-8-4-6-10-18(15)28-19-11-7-5-9-16(19)25;8-15(12,13)6-3-1-5(2-4-6)14-7(9,10)11/h4-15,20,23,26,33,36H,16-17H2,1-3H3;4-11,14,17,20,26H,12-13,23H2,1-3H3;1-4H/t20-,23+,26+;14-,17+,20+;/m00./s1. The first-order chi connectivity index (χ1) is 40.5. The van der Waals surface area contributed by atoms with Gasteiger partial charge in [0.25, 0.3) is 9.05 Å². The Labute approximate surface area is 501 Å². The van der Waals surface area contributed by atoms with E-state index < -0.39 is 103 Å². The van der Waals surface area contributed by atoms with E-state index >= 15 is 0 Å². The zero-order chi connectivity index (χ0) is 63.6. The first-order valence-electron chi connectivity index (χ1n) is 26.6. The van der Waals surface area contributed by atoms with Crippen molar-refractivity contribution in [2.45, 2.75) is 112 Å². The molecular formula is C58H61ClF6N6O14S2. The number of piperidine rings is 2. The Kier molecular flexibility index (Phi) is 19.2. The van der Waals surface area contributed by atoms with Crippen molar-refractivity contribution >= 4 is 64.7 Å². The van der Waals surface area contributed by atoms with Gasteiger partial charge in [-0.25, -0.2) is 31.1 Å². The number of nitrogens with two attached hydrogens (primary N) is 1. The summed E-state index contributed by atoms with van der Waals surface area (Å²) in [4.78, 5) is 32.0. The molecule has 4 heterocycles. The van der Waals surface area contributed by atoms with Gasteiger partial charge in [0.15, 0.2) is 23.0 Å². The lowest BCUT2D eigenvalue weighted by Gasteiger charge is -2.48. The zero-order valence-electron chi connectivity index (χ0n) is 47.3. The predicted molar refractivity (Wildman–Crippen MR) is 307 cm³/mol. The van der Waals surface area contributed by atoms with Crippen molar-refractivity contribution < 1.29 is 91.4 Å². The predicted octanol–water partition coefficient (Wildman–Crippen LogP) is 10.9. The van der Waals surface area contributed by atoms with Crippen LogP contribution in [0.2, 0.25) is 0 Å². The summed E-state index contributed by atoms with van der Waals surface area (Å²) in [6.07, 6.45) is -13.1. The molecule has 0 saturated carbocycles. The van der Waals surface area contributed by atoms with Gasteiger partial charge in [0.1, 0.15) is 22.7 Å². The molecule has 29 heteroatoms. The molecule has 2 saturated heterocycles. The largest absolute Gasteiger partial charge is 0.573 e. The van der Waals surface area contributed by atoms with Crippen molar-refractivity contribution in [1.29, 1.82) is 0 Å². The van der Waals surface area contributed by atoms with Crippen molar-refractivity contribution in [2.75, 3.05) is 36.0 Å². The number of nitrogens with zero attached hydrogens (tertiary/aromatic N) is 4. The maximum Gasteiger partial charge on any atom is 0.573 e. The van der Waals surface area contributed by atoms with Crippen LogP contribution in [0.25, 0.3) is 0 Å².